The van der Waals surface area contributed by atoms with Crippen LogP contribution in [0, 0.1) is 0 Å². The second kappa shape index (κ2) is 7.05. The van der Waals surface area contributed by atoms with Gasteiger partial charge in [-0.15, -0.1) is 0 Å². The van der Waals surface area contributed by atoms with Crippen molar-refractivity contribution in [2.24, 2.45) is 0 Å². The van der Waals surface area contributed by atoms with Gasteiger partial charge in [-0.25, -0.2) is 4.98 Å². The lowest BCUT2D eigenvalue weighted by Gasteiger charge is -2.36. The van der Waals surface area contributed by atoms with Crippen LogP contribution in [0.25, 0.3) is 11.0 Å². The van der Waals surface area contributed by atoms with Gasteiger partial charge >= 0.3 is 0 Å². The number of aromatic nitrogens is 2. The van der Waals surface area contributed by atoms with Crippen molar-refractivity contribution < 1.29 is 4.43 Å². The zero-order chi connectivity index (χ0) is 17.1. The SMILES string of the molecule is CC(C)(C)[Si](C)(C)OCCCCCn1c(N)nc2ccccc21. The molecular formula is C18H31N3OSi. The Bertz CT molecular complexity index is 643. The third-order valence-corrected chi connectivity index (χ3v) is 9.52. The molecule has 128 valence electrons. The van der Waals surface area contributed by atoms with Gasteiger partial charge in [0.2, 0.25) is 5.95 Å². The zero-order valence-corrected chi connectivity index (χ0v) is 16.2. The molecule has 0 unspecified atom stereocenters. The largest absolute Gasteiger partial charge is 0.417 e. The smallest absolute Gasteiger partial charge is 0.201 e. The Morgan fingerprint density at radius 3 is 2.52 bits per heavy atom. The van der Waals surface area contributed by atoms with Gasteiger partial charge in [0.05, 0.1) is 11.0 Å². The van der Waals surface area contributed by atoms with Crippen LogP contribution >= 0.6 is 0 Å². The minimum atomic E-state index is -1.60. The summed E-state index contributed by atoms with van der Waals surface area (Å²) in [5.41, 5.74) is 8.14. The highest BCUT2D eigenvalue weighted by atomic mass is 28.4. The van der Waals surface area contributed by atoms with E-state index in [0.29, 0.717) is 5.95 Å². The number of benzene rings is 1. The number of hydrogen-bond acceptors (Lipinski definition) is 3. The van der Waals surface area contributed by atoms with E-state index in [1.54, 1.807) is 0 Å². The minimum absolute atomic E-state index is 0.289. The van der Waals surface area contributed by atoms with Crippen molar-refractivity contribution in [1.82, 2.24) is 9.55 Å². The Balaban J connectivity index is 1.77. The first-order valence-electron chi connectivity index (χ1n) is 8.57. The molecule has 0 aliphatic carbocycles. The van der Waals surface area contributed by atoms with Crippen molar-refractivity contribution in [3.63, 3.8) is 0 Å². The van der Waals surface area contributed by atoms with E-state index in [0.717, 1.165) is 43.4 Å². The van der Waals surface area contributed by atoms with Gasteiger partial charge in [0.25, 0.3) is 0 Å². The van der Waals surface area contributed by atoms with Gasteiger partial charge in [-0.3, -0.25) is 0 Å². The third kappa shape index (κ3) is 4.35. The molecule has 1 aromatic heterocycles. The van der Waals surface area contributed by atoms with E-state index in [4.69, 9.17) is 10.2 Å². The maximum Gasteiger partial charge on any atom is 0.201 e. The molecule has 2 rings (SSSR count). The molecule has 1 aromatic carbocycles. The van der Waals surface area contributed by atoms with Gasteiger partial charge in [-0.05, 0) is 49.5 Å². The summed E-state index contributed by atoms with van der Waals surface area (Å²) in [4.78, 5) is 4.41. The molecule has 23 heavy (non-hydrogen) atoms. The molecular weight excluding hydrogens is 302 g/mol. The Kier molecular flexibility index (Phi) is 5.52. The lowest BCUT2D eigenvalue weighted by Crippen LogP contribution is -2.40. The van der Waals surface area contributed by atoms with E-state index in [1.807, 2.05) is 18.2 Å². The van der Waals surface area contributed by atoms with Crippen LogP contribution in [0.1, 0.15) is 40.0 Å². The number of nitrogens with zero attached hydrogens (tertiary/aromatic N) is 2. The highest BCUT2D eigenvalue weighted by Crippen LogP contribution is 2.36. The number of hydrogen-bond donors (Lipinski definition) is 1. The number of para-hydroxylation sites is 2. The number of anilines is 1. The minimum Gasteiger partial charge on any atom is -0.417 e. The average molecular weight is 334 g/mol. The standard InChI is InChI=1S/C18H31N3OSi/c1-18(2,3)23(4,5)22-14-10-6-9-13-21-16-12-8-7-11-15(16)20-17(21)19/h7-8,11-12H,6,9-10,13-14H2,1-5H3,(H2,19,20). The summed E-state index contributed by atoms with van der Waals surface area (Å²) >= 11 is 0. The molecule has 2 aromatic rings. The van der Waals surface area contributed by atoms with Gasteiger partial charge in [0.1, 0.15) is 0 Å². The number of nitrogen functional groups attached to an aromatic ring is 1. The molecule has 0 radical (unpaired) electrons. The quantitative estimate of drug-likeness (QED) is 0.584. The zero-order valence-electron chi connectivity index (χ0n) is 15.2. The monoisotopic (exact) mass is 333 g/mol. The second-order valence-electron chi connectivity index (χ2n) is 7.78. The summed E-state index contributed by atoms with van der Waals surface area (Å²) in [5, 5.41) is 0.289. The van der Waals surface area contributed by atoms with E-state index >= 15 is 0 Å². The predicted molar refractivity (Wildman–Crippen MR) is 101 cm³/mol. The lowest BCUT2D eigenvalue weighted by molar-refractivity contribution is 0.277. The van der Waals surface area contributed by atoms with Crippen LogP contribution in [0.2, 0.25) is 18.1 Å². The fourth-order valence-corrected chi connectivity index (χ4v) is 3.51. The molecule has 0 bridgehead atoms. The van der Waals surface area contributed by atoms with Crippen molar-refractivity contribution >= 4 is 25.3 Å². The van der Waals surface area contributed by atoms with Gasteiger partial charge in [0.15, 0.2) is 8.32 Å². The third-order valence-electron chi connectivity index (χ3n) is 4.98. The second-order valence-corrected chi connectivity index (χ2v) is 12.6. The molecule has 0 spiro atoms. The van der Waals surface area contributed by atoms with E-state index in [1.165, 1.54) is 0 Å². The first-order valence-corrected chi connectivity index (χ1v) is 11.5. The summed E-state index contributed by atoms with van der Waals surface area (Å²) in [6, 6.07) is 8.12. The molecule has 1 heterocycles. The predicted octanol–water partition coefficient (Wildman–Crippen LogP) is 4.81. The van der Waals surface area contributed by atoms with Crippen LogP contribution in [0.4, 0.5) is 5.95 Å². The summed E-state index contributed by atoms with van der Waals surface area (Å²) in [7, 11) is -1.60. The number of rotatable bonds is 7. The number of unbranched alkanes of at least 4 members (excludes halogenated alkanes) is 2. The molecule has 0 aliphatic rings. The van der Waals surface area contributed by atoms with Crippen LogP contribution in [-0.2, 0) is 11.0 Å². The summed E-state index contributed by atoms with van der Waals surface area (Å²) in [5.74, 6) is 0.615. The van der Waals surface area contributed by atoms with Gasteiger partial charge < -0.3 is 14.7 Å². The van der Waals surface area contributed by atoms with Crippen molar-refractivity contribution in [1.29, 1.82) is 0 Å². The van der Waals surface area contributed by atoms with Crippen LogP contribution in [0.5, 0.6) is 0 Å². The van der Waals surface area contributed by atoms with E-state index in [-0.39, 0.29) is 5.04 Å². The molecule has 2 N–H and O–H groups in total. The molecule has 5 heteroatoms. The topological polar surface area (TPSA) is 53.1 Å². The van der Waals surface area contributed by atoms with Crippen molar-refractivity contribution in [2.75, 3.05) is 12.3 Å². The van der Waals surface area contributed by atoms with Crippen LogP contribution in [0.15, 0.2) is 24.3 Å². The molecule has 0 amide bonds. The average Bonchev–Trinajstić information content (AvgIpc) is 2.77. The highest BCUT2D eigenvalue weighted by Gasteiger charge is 2.36. The van der Waals surface area contributed by atoms with E-state index in [2.05, 4.69) is 49.5 Å². The van der Waals surface area contributed by atoms with E-state index in [9.17, 15) is 0 Å². The number of aryl methyl sites for hydroxylation is 1. The molecule has 0 aliphatic heterocycles. The highest BCUT2D eigenvalue weighted by molar-refractivity contribution is 6.74. The van der Waals surface area contributed by atoms with Crippen molar-refractivity contribution in [2.45, 2.75) is 64.7 Å². The Hall–Kier alpha value is -1.33. The van der Waals surface area contributed by atoms with Crippen molar-refractivity contribution in [3.05, 3.63) is 24.3 Å². The van der Waals surface area contributed by atoms with Gasteiger partial charge in [-0.2, -0.15) is 0 Å². The summed E-state index contributed by atoms with van der Waals surface area (Å²) < 4.78 is 8.34. The number of fused-ring (bicyclic) bond motifs is 1. The van der Waals surface area contributed by atoms with Gasteiger partial charge in [-0.1, -0.05) is 32.9 Å². The Labute approximate surface area is 141 Å². The lowest BCUT2D eigenvalue weighted by atomic mass is 10.2. The summed E-state index contributed by atoms with van der Waals surface area (Å²) in [6.07, 6.45) is 3.37. The number of nitrogens with two attached hydrogens (primary N) is 1. The number of imidazole rings is 1. The molecule has 0 fully saturated rings. The van der Waals surface area contributed by atoms with Crippen LogP contribution in [0.3, 0.4) is 0 Å². The van der Waals surface area contributed by atoms with Gasteiger partial charge in [0, 0.05) is 13.2 Å². The fraction of sp³-hybridized carbons (Fsp3) is 0.611. The normalized spacial score (nSPS) is 12.9. The molecule has 0 saturated carbocycles. The first kappa shape index (κ1) is 18.0. The van der Waals surface area contributed by atoms with Crippen molar-refractivity contribution in [3.8, 4) is 0 Å². The Morgan fingerprint density at radius 2 is 1.83 bits per heavy atom. The maximum atomic E-state index is 6.22. The fourth-order valence-electron chi connectivity index (χ4n) is 2.42. The first-order chi connectivity index (χ1) is 10.7. The maximum absolute atomic E-state index is 6.22. The molecule has 4 nitrogen and oxygen atoms in total. The van der Waals surface area contributed by atoms with Crippen LogP contribution < -0.4 is 5.73 Å². The van der Waals surface area contributed by atoms with Crippen LogP contribution in [-0.4, -0.2) is 24.5 Å². The van der Waals surface area contributed by atoms with E-state index < -0.39 is 8.32 Å². The molecule has 0 atom stereocenters. The Morgan fingerprint density at radius 1 is 1.13 bits per heavy atom. The summed E-state index contributed by atoms with van der Waals surface area (Å²) in [6.45, 7) is 13.3. The molecule has 0 saturated heterocycles.